The van der Waals surface area contributed by atoms with Gasteiger partial charge in [0.2, 0.25) is 5.91 Å². The topological polar surface area (TPSA) is 159 Å². The van der Waals surface area contributed by atoms with E-state index in [0.717, 1.165) is 17.6 Å². The second-order valence-electron chi connectivity index (χ2n) is 9.45. The standard InChI is InChI=1S/C27H40N4O8/c1-9-11-17-15-18(12-13-20(17)36-7)21(31(6)26(35)39-27(3,4)5)23(32)30-22(28)24(33)29-19(25(34)37-8)16-38-14-10-2/h9-10,12-13,15,19,21-22H,1-2,11,14,16,28H2,3-8H3,(H,29,33)(H,30,32)/t19-,21-,22+/m0/s1. The Morgan fingerprint density at radius 2 is 1.74 bits per heavy atom. The summed E-state index contributed by atoms with van der Waals surface area (Å²) >= 11 is 0. The number of esters is 1. The third kappa shape index (κ3) is 10.4. The number of nitrogens with one attached hydrogen (secondary N) is 2. The average Bonchev–Trinajstić information content (AvgIpc) is 2.87. The van der Waals surface area contributed by atoms with Gasteiger partial charge in [0, 0.05) is 7.05 Å². The van der Waals surface area contributed by atoms with E-state index < -0.39 is 47.7 Å². The predicted octanol–water partition coefficient (Wildman–Crippen LogP) is 1.59. The van der Waals surface area contributed by atoms with Crippen LogP contribution in [0.2, 0.25) is 0 Å². The fourth-order valence-electron chi connectivity index (χ4n) is 3.41. The number of ether oxygens (including phenoxy) is 4. The zero-order chi connectivity index (χ0) is 29.8. The molecule has 12 heteroatoms. The minimum absolute atomic E-state index is 0.139. The molecular weight excluding hydrogens is 508 g/mol. The molecule has 39 heavy (non-hydrogen) atoms. The van der Waals surface area contributed by atoms with Crippen LogP contribution in [0.5, 0.6) is 5.75 Å². The first kappa shape index (κ1) is 33.1. The van der Waals surface area contributed by atoms with Crippen LogP contribution in [-0.4, -0.2) is 81.1 Å². The van der Waals surface area contributed by atoms with Gasteiger partial charge in [0.1, 0.15) is 17.4 Å². The lowest BCUT2D eigenvalue weighted by Gasteiger charge is -2.31. The smallest absolute Gasteiger partial charge is 0.410 e. The Hall–Kier alpha value is -3.90. The molecule has 1 aromatic carbocycles. The number of rotatable bonds is 14. The zero-order valence-corrected chi connectivity index (χ0v) is 23.4. The van der Waals surface area contributed by atoms with Crippen LogP contribution in [-0.2, 0) is 35.0 Å². The monoisotopic (exact) mass is 548 g/mol. The number of nitrogens with two attached hydrogens (primary N) is 1. The largest absolute Gasteiger partial charge is 0.496 e. The summed E-state index contributed by atoms with van der Waals surface area (Å²) in [6, 6.07) is 2.57. The summed E-state index contributed by atoms with van der Waals surface area (Å²) in [6.45, 7) is 12.3. The SMILES string of the molecule is C=CCOC[C@H](NC(=O)[C@H](N)NC(=O)[C@H](c1ccc(OC)c(CC=C)c1)N(C)C(=O)OC(C)(C)C)C(=O)OC. The highest BCUT2D eigenvalue weighted by atomic mass is 16.6. The molecule has 1 rings (SSSR count). The second kappa shape index (κ2) is 15.5. The lowest BCUT2D eigenvalue weighted by atomic mass is 9.99. The van der Waals surface area contributed by atoms with Crippen molar-refractivity contribution in [2.45, 2.75) is 51.0 Å². The van der Waals surface area contributed by atoms with E-state index in [9.17, 15) is 19.2 Å². The molecule has 1 aromatic rings. The van der Waals surface area contributed by atoms with Gasteiger partial charge in [-0.3, -0.25) is 14.5 Å². The van der Waals surface area contributed by atoms with Gasteiger partial charge in [-0.15, -0.1) is 13.2 Å². The van der Waals surface area contributed by atoms with Gasteiger partial charge in [-0.2, -0.15) is 0 Å². The molecule has 0 aliphatic carbocycles. The van der Waals surface area contributed by atoms with Crippen molar-refractivity contribution in [1.29, 1.82) is 0 Å². The number of carbonyl (C=O) groups excluding carboxylic acids is 4. The maximum Gasteiger partial charge on any atom is 0.410 e. The lowest BCUT2D eigenvalue weighted by molar-refractivity contribution is -0.147. The summed E-state index contributed by atoms with van der Waals surface area (Å²) in [5.74, 6) is -1.83. The number of allylic oxidation sites excluding steroid dienone is 1. The van der Waals surface area contributed by atoms with E-state index in [1.807, 2.05) is 0 Å². The Bertz CT molecular complexity index is 1040. The molecule has 0 radical (unpaired) electrons. The number of methoxy groups -OCH3 is 2. The second-order valence-corrected chi connectivity index (χ2v) is 9.45. The van der Waals surface area contributed by atoms with Crippen LogP contribution >= 0.6 is 0 Å². The number of benzene rings is 1. The van der Waals surface area contributed by atoms with Crippen molar-refractivity contribution >= 4 is 23.9 Å². The number of amides is 3. The summed E-state index contributed by atoms with van der Waals surface area (Å²) in [5.41, 5.74) is 6.27. The van der Waals surface area contributed by atoms with E-state index in [1.165, 1.54) is 20.2 Å². The lowest BCUT2D eigenvalue weighted by Crippen LogP contribution is -2.58. The minimum Gasteiger partial charge on any atom is -0.496 e. The Balaban J connectivity index is 3.27. The van der Waals surface area contributed by atoms with E-state index in [4.69, 9.17) is 19.9 Å². The van der Waals surface area contributed by atoms with E-state index >= 15 is 0 Å². The molecule has 0 aliphatic rings. The summed E-state index contributed by atoms with van der Waals surface area (Å²) in [7, 11) is 4.06. The fourth-order valence-corrected chi connectivity index (χ4v) is 3.41. The van der Waals surface area contributed by atoms with Gasteiger partial charge in [-0.05, 0) is 50.5 Å². The number of hydrogen-bond donors (Lipinski definition) is 3. The first-order valence-electron chi connectivity index (χ1n) is 12.2. The van der Waals surface area contributed by atoms with Gasteiger partial charge in [-0.1, -0.05) is 18.2 Å². The van der Waals surface area contributed by atoms with Crippen molar-refractivity contribution in [2.24, 2.45) is 5.73 Å². The number of likely N-dealkylation sites (N-methyl/N-ethyl adjacent to an activating group) is 1. The minimum atomic E-state index is -1.58. The van der Waals surface area contributed by atoms with Crippen molar-refractivity contribution in [3.63, 3.8) is 0 Å². The zero-order valence-electron chi connectivity index (χ0n) is 23.4. The number of carbonyl (C=O) groups is 4. The van der Waals surface area contributed by atoms with Crippen LogP contribution in [0, 0.1) is 0 Å². The van der Waals surface area contributed by atoms with E-state index in [0.29, 0.717) is 17.7 Å². The first-order valence-corrected chi connectivity index (χ1v) is 12.2. The molecule has 0 bridgehead atoms. The quantitative estimate of drug-likeness (QED) is 0.136. The first-order chi connectivity index (χ1) is 18.3. The molecule has 0 saturated carbocycles. The molecular formula is C27H40N4O8. The van der Waals surface area contributed by atoms with Gasteiger partial charge < -0.3 is 35.3 Å². The Morgan fingerprint density at radius 1 is 1.08 bits per heavy atom. The third-order valence-electron chi connectivity index (χ3n) is 5.20. The fraction of sp³-hybridized carbons (Fsp3) is 0.481. The molecule has 0 aliphatic heterocycles. The molecule has 0 unspecified atom stereocenters. The molecule has 12 nitrogen and oxygen atoms in total. The van der Waals surface area contributed by atoms with Crippen LogP contribution in [0.15, 0.2) is 43.5 Å². The Labute approximate surface area is 229 Å². The van der Waals surface area contributed by atoms with Crippen molar-refractivity contribution in [3.05, 3.63) is 54.6 Å². The van der Waals surface area contributed by atoms with E-state index in [1.54, 1.807) is 45.0 Å². The van der Waals surface area contributed by atoms with E-state index in [2.05, 4.69) is 28.5 Å². The molecule has 4 N–H and O–H groups in total. The molecule has 0 heterocycles. The maximum absolute atomic E-state index is 13.5. The van der Waals surface area contributed by atoms with Crippen molar-refractivity contribution in [2.75, 3.05) is 34.5 Å². The third-order valence-corrected chi connectivity index (χ3v) is 5.20. The van der Waals surface area contributed by atoms with Gasteiger partial charge in [0.05, 0.1) is 27.4 Å². The molecule has 3 atom stereocenters. The molecule has 0 aromatic heterocycles. The van der Waals surface area contributed by atoms with Gasteiger partial charge >= 0.3 is 12.1 Å². The summed E-state index contributed by atoms with van der Waals surface area (Å²) < 4.78 is 20.8. The summed E-state index contributed by atoms with van der Waals surface area (Å²) in [6.07, 6.45) is 1.23. The van der Waals surface area contributed by atoms with Crippen molar-refractivity contribution < 1.29 is 38.1 Å². The summed E-state index contributed by atoms with van der Waals surface area (Å²) in [4.78, 5) is 52.3. The van der Waals surface area contributed by atoms with Gasteiger partial charge in [0.25, 0.3) is 5.91 Å². The molecule has 216 valence electrons. The molecule has 0 spiro atoms. The Kier molecular flexibility index (Phi) is 13.2. The average molecular weight is 549 g/mol. The van der Waals surface area contributed by atoms with Crippen molar-refractivity contribution in [3.8, 4) is 5.75 Å². The van der Waals surface area contributed by atoms with Crippen LogP contribution in [0.4, 0.5) is 4.79 Å². The summed E-state index contributed by atoms with van der Waals surface area (Å²) in [5, 5.41) is 4.79. The highest BCUT2D eigenvalue weighted by Crippen LogP contribution is 2.28. The van der Waals surface area contributed by atoms with Crippen LogP contribution in [0.3, 0.4) is 0 Å². The number of nitrogens with zero attached hydrogens (tertiary/aromatic N) is 1. The van der Waals surface area contributed by atoms with Gasteiger partial charge in [-0.25, -0.2) is 9.59 Å². The highest BCUT2D eigenvalue weighted by molar-refractivity contribution is 5.93. The maximum atomic E-state index is 13.5. The Morgan fingerprint density at radius 3 is 2.28 bits per heavy atom. The van der Waals surface area contributed by atoms with Crippen LogP contribution in [0.1, 0.15) is 37.9 Å². The predicted molar refractivity (Wildman–Crippen MR) is 145 cm³/mol. The van der Waals surface area contributed by atoms with Crippen LogP contribution in [0.25, 0.3) is 0 Å². The highest BCUT2D eigenvalue weighted by Gasteiger charge is 2.34. The molecule has 0 saturated heterocycles. The van der Waals surface area contributed by atoms with Crippen molar-refractivity contribution in [1.82, 2.24) is 15.5 Å². The van der Waals surface area contributed by atoms with E-state index in [-0.39, 0.29) is 13.2 Å². The molecule has 0 fully saturated rings. The van der Waals surface area contributed by atoms with Crippen LogP contribution < -0.4 is 21.1 Å². The normalized spacial score (nSPS) is 13.2. The van der Waals surface area contributed by atoms with Gasteiger partial charge in [0.15, 0.2) is 12.2 Å². The molecule has 3 amide bonds. The number of hydrogen-bond acceptors (Lipinski definition) is 9.